The van der Waals surface area contributed by atoms with Crippen LogP contribution in [0.15, 0.2) is 0 Å². The molecule has 0 aromatic rings. The second-order valence-electron chi connectivity index (χ2n) is 4.49. The predicted molar refractivity (Wildman–Crippen MR) is 49.0 cm³/mol. The highest BCUT2D eigenvalue weighted by Crippen LogP contribution is 2.29. The van der Waals surface area contributed by atoms with Crippen molar-refractivity contribution in [1.29, 1.82) is 0 Å². The zero-order chi connectivity index (χ0) is 8.55. The lowest BCUT2D eigenvalue weighted by Crippen LogP contribution is -2.35. The first-order valence-corrected chi connectivity index (χ1v) is 5.18. The lowest BCUT2D eigenvalue weighted by molar-refractivity contribution is 0.146. The summed E-state index contributed by atoms with van der Waals surface area (Å²) in [6.07, 6.45) is 5.18. The van der Waals surface area contributed by atoms with Gasteiger partial charge >= 0.3 is 0 Å². The molecule has 2 rings (SSSR count). The summed E-state index contributed by atoms with van der Waals surface area (Å²) in [7, 11) is 0. The van der Waals surface area contributed by atoms with Crippen molar-refractivity contribution >= 4 is 0 Å². The summed E-state index contributed by atoms with van der Waals surface area (Å²) in [5, 5.41) is 9.43. The predicted octanol–water partition coefficient (Wildman–Crippen LogP) is 1.24. The Labute approximate surface area is 74.6 Å². The minimum absolute atomic E-state index is 0.0555. The van der Waals surface area contributed by atoms with Crippen molar-refractivity contribution in [3.05, 3.63) is 0 Å². The van der Waals surface area contributed by atoms with E-state index in [1.165, 1.54) is 25.8 Å². The van der Waals surface area contributed by atoms with Crippen LogP contribution in [0.2, 0.25) is 0 Å². The Morgan fingerprint density at radius 3 is 2.58 bits per heavy atom. The van der Waals surface area contributed by atoms with Gasteiger partial charge in [0.2, 0.25) is 0 Å². The topological polar surface area (TPSA) is 23.5 Å². The molecule has 0 aromatic carbocycles. The molecule has 2 nitrogen and oxygen atoms in total. The van der Waals surface area contributed by atoms with Crippen molar-refractivity contribution in [2.45, 2.75) is 44.8 Å². The van der Waals surface area contributed by atoms with E-state index in [1.807, 2.05) is 0 Å². The molecule has 1 aliphatic heterocycles. The van der Waals surface area contributed by atoms with Gasteiger partial charge < -0.3 is 5.11 Å². The maximum absolute atomic E-state index is 9.43. The first-order chi connectivity index (χ1) is 5.75. The molecule has 0 spiro atoms. The fraction of sp³-hybridized carbons (Fsp3) is 1.00. The second kappa shape index (κ2) is 3.35. The van der Waals surface area contributed by atoms with Crippen molar-refractivity contribution < 1.29 is 5.11 Å². The van der Waals surface area contributed by atoms with E-state index in [-0.39, 0.29) is 6.10 Å². The molecule has 2 atom stereocenters. The SMILES string of the molecule is CC1CC(O)CN1CC1CCC1. The van der Waals surface area contributed by atoms with Gasteiger partial charge in [-0.05, 0) is 32.1 Å². The monoisotopic (exact) mass is 169 g/mol. The third-order valence-corrected chi connectivity index (χ3v) is 3.40. The van der Waals surface area contributed by atoms with Gasteiger partial charge in [-0.15, -0.1) is 0 Å². The summed E-state index contributed by atoms with van der Waals surface area (Å²) in [5.74, 6) is 0.942. The van der Waals surface area contributed by atoms with E-state index >= 15 is 0 Å². The van der Waals surface area contributed by atoms with E-state index in [1.54, 1.807) is 0 Å². The van der Waals surface area contributed by atoms with Gasteiger partial charge in [0.15, 0.2) is 0 Å². The smallest absolute Gasteiger partial charge is 0.0682 e. The Kier molecular flexibility index (Phi) is 2.37. The Morgan fingerprint density at radius 2 is 2.17 bits per heavy atom. The van der Waals surface area contributed by atoms with Gasteiger partial charge in [-0.3, -0.25) is 4.90 Å². The average Bonchev–Trinajstić information content (AvgIpc) is 2.21. The minimum Gasteiger partial charge on any atom is -0.392 e. The van der Waals surface area contributed by atoms with Gasteiger partial charge in [-0.2, -0.15) is 0 Å². The van der Waals surface area contributed by atoms with E-state index in [0.717, 1.165) is 18.9 Å². The van der Waals surface area contributed by atoms with Crippen LogP contribution >= 0.6 is 0 Å². The summed E-state index contributed by atoms with van der Waals surface area (Å²) in [6.45, 7) is 4.38. The van der Waals surface area contributed by atoms with E-state index in [0.29, 0.717) is 6.04 Å². The highest BCUT2D eigenvalue weighted by atomic mass is 16.3. The van der Waals surface area contributed by atoms with Crippen LogP contribution in [-0.2, 0) is 0 Å². The molecule has 0 amide bonds. The molecule has 0 aromatic heterocycles. The Morgan fingerprint density at radius 1 is 1.42 bits per heavy atom. The van der Waals surface area contributed by atoms with Crippen molar-refractivity contribution in [3.8, 4) is 0 Å². The van der Waals surface area contributed by atoms with Crippen LogP contribution in [0.5, 0.6) is 0 Å². The fourth-order valence-corrected chi connectivity index (χ4v) is 2.33. The van der Waals surface area contributed by atoms with Gasteiger partial charge in [0.05, 0.1) is 6.10 Å². The number of rotatable bonds is 2. The summed E-state index contributed by atoms with van der Waals surface area (Å²) in [6, 6.07) is 0.612. The quantitative estimate of drug-likeness (QED) is 0.672. The number of β-amino-alcohol motifs (C(OH)–C–C–N with tert-alkyl or cyclic N) is 1. The average molecular weight is 169 g/mol. The summed E-state index contributed by atoms with van der Waals surface area (Å²) in [5.41, 5.74) is 0. The minimum atomic E-state index is -0.0555. The molecule has 70 valence electrons. The second-order valence-corrected chi connectivity index (χ2v) is 4.49. The van der Waals surface area contributed by atoms with Gasteiger partial charge in [0.1, 0.15) is 0 Å². The number of aliphatic hydroxyl groups is 1. The molecule has 12 heavy (non-hydrogen) atoms. The molecule has 2 fully saturated rings. The summed E-state index contributed by atoms with van der Waals surface area (Å²) in [4.78, 5) is 2.45. The normalized spacial score (nSPS) is 38.5. The highest BCUT2D eigenvalue weighted by molar-refractivity contribution is 4.85. The zero-order valence-corrected chi connectivity index (χ0v) is 7.87. The van der Waals surface area contributed by atoms with Crippen LogP contribution < -0.4 is 0 Å². The summed E-state index contributed by atoms with van der Waals surface area (Å²) >= 11 is 0. The molecule has 0 radical (unpaired) electrons. The Balaban J connectivity index is 1.79. The molecule has 1 heterocycles. The van der Waals surface area contributed by atoms with Crippen molar-refractivity contribution in [2.75, 3.05) is 13.1 Å². The summed E-state index contributed by atoms with van der Waals surface area (Å²) < 4.78 is 0. The lowest BCUT2D eigenvalue weighted by Gasteiger charge is -2.32. The maximum atomic E-state index is 9.43. The van der Waals surface area contributed by atoms with Crippen LogP contribution in [0.25, 0.3) is 0 Å². The molecule has 2 unspecified atom stereocenters. The zero-order valence-electron chi connectivity index (χ0n) is 7.87. The standard InChI is InChI=1S/C10H19NO/c1-8-5-10(12)7-11(8)6-9-3-2-4-9/h8-10,12H,2-7H2,1H3. The van der Waals surface area contributed by atoms with Crippen LogP contribution in [0.1, 0.15) is 32.6 Å². The van der Waals surface area contributed by atoms with Crippen LogP contribution in [0, 0.1) is 5.92 Å². The maximum Gasteiger partial charge on any atom is 0.0682 e. The van der Waals surface area contributed by atoms with Crippen LogP contribution in [0.3, 0.4) is 0 Å². The number of nitrogens with zero attached hydrogens (tertiary/aromatic N) is 1. The van der Waals surface area contributed by atoms with Crippen LogP contribution in [-0.4, -0.2) is 35.2 Å². The van der Waals surface area contributed by atoms with Crippen molar-refractivity contribution in [3.63, 3.8) is 0 Å². The van der Waals surface area contributed by atoms with E-state index in [4.69, 9.17) is 0 Å². The fourth-order valence-electron chi connectivity index (χ4n) is 2.33. The molecule has 1 N–H and O–H groups in total. The molecule has 1 saturated carbocycles. The third-order valence-electron chi connectivity index (χ3n) is 3.40. The van der Waals surface area contributed by atoms with E-state index in [9.17, 15) is 5.11 Å². The largest absolute Gasteiger partial charge is 0.392 e. The molecule has 1 saturated heterocycles. The number of hydrogen-bond acceptors (Lipinski definition) is 2. The molecule has 2 heteroatoms. The van der Waals surface area contributed by atoms with Crippen LogP contribution in [0.4, 0.5) is 0 Å². The molecule has 2 aliphatic rings. The van der Waals surface area contributed by atoms with E-state index in [2.05, 4.69) is 11.8 Å². The van der Waals surface area contributed by atoms with Crippen molar-refractivity contribution in [1.82, 2.24) is 4.90 Å². The Hall–Kier alpha value is -0.0800. The molecule has 1 aliphatic carbocycles. The first-order valence-electron chi connectivity index (χ1n) is 5.18. The van der Waals surface area contributed by atoms with E-state index < -0.39 is 0 Å². The molecular weight excluding hydrogens is 150 g/mol. The Bertz CT molecular complexity index is 156. The highest BCUT2D eigenvalue weighted by Gasteiger charge is 2.30. The third kappa shape index (κ3) is 1.64. The lowest BCUT2D eigenvalue weighted by atomic mass is 9.85. The number of hydrogen-bond donors (Lipinski definition) is 1. The van der Waals surface area contributed by atoms with Gasteiger partial charge in [-0.1, -0.05) is 6.42 Å². The first kappa shape index (κ1) is 8.52. The number of likely N-dealkylation sites (tertiary alicyclic amines) is 1. The molecule has 0 bridgehead atoms. The van der Waals surface area contributed by atoms with Gasteiger partial charge in [0, 0.05) is 19.1 Å². The van der Waals surface area contributed by atoms with Gasteiger partial charge in [0.25, 0.3) is 0 Å². The molecular formula is C10H19NO. The van der Waals surface area contributed by atoms with Gasteiger partial charge in [-0.25, -0.2) is 0 Å². The number of aliphatic hydroxyl groups excluding tert-OH is 1. The van der Waals surface area contributed by atoms with Crippen molar-refractivity contribution in [2.24, 2.45) is 5.92 Å².